The Labute approximate surface area is 191 Å². The number of rotatable bonds is 12. The number of aryl methyl sites for hydroxylation is 1. The summed E-state index contributed by atoms with van der Waals surface area (Å²) in [6, 6.07) is 28.3. The van der Waals surface area contributed by atoms with Crippen LogP contribution < -0.4 is 9.05 Å². The molecule has 32 heavy (non-hydrogen) atoms. The second-order valence-corrected chi connectivity index (χ2v) is 9.35. The van der Waals surface area contributed by atoms with Crippen molar-refractivity contribution in [1.82, 2.24) is 0 Å². The normalized spacial score (nSPS) is 12.7. The second-order valence-electron chi connectivity index (χ2n) is 7.88. The maximum absolute atomic E-state index is 13.6. The molecule has 0 aliphatic carbocycles. The molecule has 3 rings (SSSR count). The molecule has 0 saturated carbocycles. The quantitative estimate of drug-likeness (QED) is 0.160. The largest absolute Gasteiger partial charge is 0.588 e. The molecule has 0 unspecified atom stereocenters. The molecular formula is C27H31O4P. The van der Waals surface area contributed by atoms with Gasteiger partial charge in [-0.3, -0.25) is 4.52 Å². The maximum Gasteiger partial charge on any atom is 0.588 e. The molecule has 0 saturated heterocycles. The minimum Gasteiger partial charge on any atom is -0.395 e. The number of phosphoric acid groups is 1. The Balaban J connectivity index is 1.67. The zero-order valence-corrected chi connectivity index (χ0v) is 19.6. The molecule has 4 nitrogen and oxygen atoms in total. The number of unbranched alkanes of at least 4 members (excludes halogenated alkanes) is 1. The summed E-state index contributed by atoms with van der Waals surface area (Å²) in [6.45, 7) is 4.04. The predicted molar refractivity (Wildman–Crippen MR) is 130 cm³/mol. The van der Waals surface area contributed by atoms with E-state index in [2.05, 4.69) is 30.3 Å². The molecule has 0 radical (unpaired) electrons. The second kappa shape index (κ2) is 12.3. The molecular weight excluding hydrogens is 419 g/mol. The van der Waals surface area contributed by atoms with Gasteiger partial charge in [0.15, 0.2) is 0 Å². The number of phosphoric ester groups is 1. The number of para-hydroxylation sites is 2. The third-order valence-electron chi connectivity index (χ3n) is 4.83. The molecule has 5 heteroatoms. The van der Waals surface area contributed by atoms with Crippen molar-refractivity contribution < 1.29 is 18.1 Å². The van der Waals surface area contributed by atoms with Gasteiger partial charge in [0.1, 0.15) is 11.5 Å². The molecule has 0 amide bonds. The first-order chi connectivity index (χ1) is 15.5. The standard InChI is InChI=1S/C27H31O4P/c1-23(2)27(22-14-4-9-17-24-15-7-3-8-16-24)31-32(28,29-25-18-10-5-11-19-25)30-26-20-12-6-13-21-26/h3,5-8,10-16,18-23,27H,4,9,17H2,1-2H3/b22-14+/t27-/m0/s1. The first-order valence-electron chi connectivity index (χ1n) is 11.0. The van der Waals surface area contributed by atoms with E-state index < -0.39 is 13.9 Å². The molecule has 0 bridgehead atoms. The van der Waals surface area contributed by atoms with Gasteiger partial charge in [-0.1, -0.05) is 92.7 Å². The van der Waals surface area contributed by atoms with Crippen LogP contribution in [0, 0.1) is 5.92 Å². The van der Waals surface area contributed by atoms with E-state index in [0.29, 0.717) is 11.5 Å². The van der Waals surface area contributed by atoms with Gasteiger partial charge in [0, 0.05) is 0 Å². The fraction of sp³-hybridized carbons (Fsp3) is 0.259. The van der Waals surface area contributed by atoms with Crippen molar-refractivity contribution in [2.45, 2.75) is 39.2 Å². The minimum atomic E-state index is -3.93. The molecule has 3 aromatic rings. The van der Waals surface area contributed by atoms with E-state index in [0.717, 1.165) is 19.3 Å². The summed E-state index contributed by atoms with van der Waals surface area (Å²) in [5.41, 5.74) is 1.33. The van der Waals surface area contributed by atoms with E-state index in [9.17, 15) is 4.57 Å². The van der Waals surface area contributed by atoms with Crippen LogP contribution in [-0.4, -0.2) is 6.10 Å². The molecule has 0 aliphatic heterocycles. The van der Waals surface area contributed by atoms with Gasteiger partial charge in [-0.2, -0.15) is 0 Å². The lowest BCUT2D eigenvalue weighted by molar-refractivity contribution is 0.140. The summed E-state index contributed by atoms with van der Waals surface area (Å²) < 4.78 is 31.1. The molecule has 0 fully saturated rings. The Hall–Kier alpha value is -2.81. The zero-order valence-electron chi connectivity index (χ0n) is 18.7. The lowest BCUT2D eigenvalue weighted by atomic mass is 10.1. The van der Waals surface area contributed by atoms with Gasteiger partial charge in [0.05, 0.1) is 6.10 Å². The van der Waals surface area contributed by atoms with Crippen LogP contribution in [0.15, 0.2) is 103 Å². The summed E-state index contributed by atoms with van der Waals surface area (Å²) in [7, 11) is -3.93. The molecule has 168 valence electrons. The van der Waals surface area contributed by atoms with Crippen molar-refractivity contribution in [2.24, 2.45) is 5.92 Å². The third-order valence-corrected chi connectivity index (χ3v) is 6.20. The van der Waals surface area contributed by atoms with Crippen molar-refractivity contribution in [2.75, 3.05) is 0 Å². The first kappa shape index (κ1) is 23.8. The smallest absolute Gasteiger partial charge is 0.395 e. The minimum absolute atomic E-state index is 0.0902. The Bertz CT molecular complexity index is 942. The Morgan fingerprint density at radius 1 is 0.781 bits per heavy atom. The van der Waals surface area contributed by atoms with Crippen LogP contribution >= 0.6 is 7.82 Å². The molecule has 0 N–H and O–H groups in total. The molecule has 0 aliphatic rings. The zero-order chi connectivity index (χ0) is 22.7. The maximum atomic E-state index is 13.6. The van der Waals surface area contributed by atoms with Crippen LogP contribution in [0.4, 0.5) is 0 Å². The summed E-state index contributed by atoms with van der Waals surface area (Å²) in [5, 5.41) is 0. The van der Waals surface area contributed by atoms with Crippen LogP contribution in [0.5, 0.6) is 11.5 Å². The van der Waals surface area contributed by atoms with Gasteiger partial charge in [0.2, 0.25) is 0 Å². The van der Waals surface area contributed by atoms with Gasteiger partial charge in [-0.05, 0) is 55.0 Å². The molecule has 0 aromatic heterocycles. The highest BCUT2D eigenvalue weighted by Gasteiger charge is 2.35. The Morgan fingerprint density at radius 2 is 1.28 bits per heavy atom. The van der Waals surface area contributed by atoms with Crippen molar-refractivity contribution in [3.8, 4) is 11.5 Å². The molecule has 0 heterocycles. The van der Waals surface area contributed by atoms with E-state index in [1.807, 2.05) is 62.4 Å². The van der Waals surface area contributed by atoms with Crippen LogP contribution in [0.25, 0.3) is 0 Å². The van der Waals surface area contributed by atoms with Crippen LogP contribution in [0.1, 0.15) is 32.3 Å². The first-order valence-corrected chi connectivity index (χ1v) is 12.5. The summed E-state index contributed by atoms with van der Waals surface area (Å²) in [5.74, 6) is 0.953. The molecule has 1 atom stereocenters. The number of benzene rings is 3. The van der Waals surface area contributed by atoms with Gasteiger partial charge in [-0.25, -0.2) is 4.57 Å². The number of allylic oxidation sites excluding steroid dienone is 1. The molecule has 0 spiro atoms. The average molecular weight is 451 g/mol. The lowest BCUT2D eigenvalue weighted by Crippen LogP contribution is -2.19. The van der Waals surface area contributed by atoms with Crippen LogP contribution in [0.3, 0.4) is 0 Å². The van der Waals surface area contributed by atoms with E-state index in [-0.39, 0.29) is 5.92 Å². The van der Waals surface area contributed by atoms with Gasteiger partial charge >= 0.3 is 7.82 Å². The number of hydrogen-bond acceptors (Lipinski definition) is 4. The third kappa shape index (κ3) is 8.03. The highest BCUT2D eigenvalue weighted by atomic mass is 31.2. The highest BCUT2D eigenvalue weighted by Crippen LogP contribution is 2.51. The van der Waals surface area contributed by atoms with E-state index in [1.54, 1.807) is 24.3 Å². The predicted octanol–water partition coefficient (Wildman–Crippen LogP) is 7.87. The fourth-order valence-corrected chi connectivity index (χ4v) is 4.60. The Morgan fingerprint density at radius 3 is 1.78 bits per heavy atom. The van der Waals surface area contributed by atoms with E-state index in [4.69, 9.17) is 13.6 Å². The monoisotopic (exact) mass is 450 g/mol. The van der Waals surface area contributed by atoms with Gasteiger partial charge < -0.3 is 9.05 Å². The summed E-state index contributed by atoms with van der Waals surface area (Å²) in [4.78, 5) is 0. The fourth-order valence-electron chi connectivity index (χ4n) is 3.11. The van der Waals surface area contributed by atoms with Crippen LogP contribution in [-0.2, 0) is 15.5 Å². The number of hydrogen-bond donors (Lipinski definition) is 0. The molecule has 3 aromatic carbocycles. The summed E-state index contributed by atoms with van der Waals surface area (Å²) in [6.07, 6.45) is 6.60. The van der Waals surface area contributed by atoms with Crippen molar-refractivity contribution in [1.29, 1.82) is 0 Å². The van der Waals surface area contributed by atoms with Crippen molar-refractivity contribution in [3.63, 3.8) is 0 Å². The van der Waals surface area contributed by atoms with Crippen molar-refractivity contribution >= 4 is 7.82 Å². The van der Waals surface area contributed by atoms with Gasteiger partial charge in [-0.15, -0.1) is 0 Å². The highest BCUT2D eigenvalue weighted by molar-refractivity contribution is 7.49. The lowest BCUT2D eigenvalue weighted by Gasteiger charge is -2.24. The van der Waals surface area contributed by atoms with Gasteiger partial charge in [0.25, 0.3) is 0 Å². The SMILES string of the molecule is CC(C)[C@H](/C=C/CCCc1ccccc1)OP(=O)(Oc1ccccc1)Oc1ccccc1. The summed E-state index contributed by atoms with van der Waals surface area (Å²) >= 11 is 0. The topological polar surface area (TPSA) is 44.8 Å². The Kier molecular flexibility index (Phi) is 9.15. The van der Waals surface area contributed by atoms with Crippen LogP contribution in [0.2, 0.25) is 0 Å². The van der Waals surface area contributed by atoms with E-state index >= 15 is 0 Å². The van der Waals surface area contributed by atoms with E-state index in [1.165, 1.54) is 5.56 Å². The van der Waals surface area contributed by atoms with Crippen molar-refractivity contribution in [3.05, 3.63) is 109 Å². The average Bonchev–Trinajstić information content (AvgIpc) is 2.80.